The van der Waals surface area contributed by atoms with Gasteiger partial charge in [0.05, 0.1) is 12.0 Å². The quantitative estimate of drug-likeness (QED) is 0.742. The summed E-state index contributed by atoms with van der Waals surface area (Å²) in [6.07, 6.45) is 6.37. The van der Waals surface area contributed by atoms with Crippen molar-refractivity contribution < 1.29 is 8.42 Å². The normalized spacial score (nSPS) is 11.7. The fraction of sp³-hybridized carbons (Fsp3) is 0.0625. The predicted molar refractivity (Wildman–Crippen MR) is 91.4 cm³/mol. The summed E-state index contributed by atoms with van der Waals surface area (Å²) >= 11 is 0. The minimum atomic E-state index is -3.67. The molecule has 24 heavy (non-hydrogen) atoms. The molecule has 0 aliphatic carbocycles. The number of sulfonamides is 1. The van der Waals surface area contributed by atoms with E-state index < -0.39 is 10.0 Å². The molecular formula is C16H15N5O2S. The van der Waals surface area contributed by atoms with Gasteiger partial charge in [0, 0.05) is 12.4 Å². The molecular weight excluding hydrogens is 326 g/mol. The number of aromatic nitrogens is 4. The van der Waals surface area contributed by atoms with Crippen molar-refractivity contribution in [2.24, 2.45) is 0 Å². The summed E-state index contributed by atoms with van der Waals surface area (Å²) in [7, 11) is -3.67. The van der Waals surface area contributed by atoms with E-state index in [1.54, 1.807) is 12.4 Å². The first kappa shape index (κ1) is 15.9. The van der Waals surface area contributed by atoms with Crippen LogP contribution in [0.2, 0.25) is 0 Å². The Morgan fingerprint density at radius 1 is 1.12 bits per heavy atom. The van der Waals surface area contributed by atoms with Crippen molar-refractivity contribution in [2.45, 2.75) is 6.54 Å². The Kier molecular flexibility index (Phi) is 4.66. The van der Waals surface area contributed by atoms with Crippen LogP contribution in [0.1, 0.15) is 11.1 Å². The molecule has 7 nitrogen and oxygen atoms in total. The molecule has 8 heteroatoms. The first-order valence-electron chi connectivity index (χ1n) is 7.15. The van der Waals surface area contributed by atoms with Gasteiger partial charge in [0.25, 0.3) is 16.0 Å². The molecule has 2 heterocycles. The van der Waals surface area contributed by atoms with Crippen LogP contribution in [0.5, 0.6) is 0 Å². The number of anilines is 1. The number of nitrogens with zero attached hydrogens (tertiary/aromatic N) is 4. The number of rotatable bonds is 6. The zero-order valence-electron chi connectivity index (χ0n) is 12.6. The Labute approximate surface area is 139 Å². The second kappa shape index (κ2) is 7.05. The van der Waals surface area contributed by atoms with Crippen molar-refractivity contribution in [1.29, 1.82) is 0 Å². The van der Waals surface area contributed by atoms with E-state index in [0.29, 0.717) is 6.54 Å². The topological polar surface area (TPSA) is 89.8 Å². The minimum absolute atomic E-state index is 0.0246. The highest BCUT2D eigenvalue weighted by atomic mass is 32.2. The van der Waals surface area contributed by atoms with E-state index in [-0.39, 0.29) is 5.95 Å². The van der Waals surface area contributed by atoms with E-state index in [4.69, 9.17) is 0 Å². The first-order valence-corrected chi connectivity index (χ1v) is 8.70. The molecule has 0 amide bonds. The largest absolute Gasteiger partial charge is 0.264 e. The second-order valence-corrected chi connectivity index (χ2v) is 6.55. The van der Waals surface area contributed by atoms with E-state index in [9.17, 15) is 8.42 Å². The number of hydrogen-bond acceptors (Lipinski definition) is 5. The van der Waals surface area contributed by atoms with Gasteiger partial charge in [0.15, 0.2) is 0 Å². The predicted octanol–water partition coefficient (Wildman–Crippen LogP) is 2.13. The molecule has 2 aromatic heterocycles. The molecule has 122 valence electrons. The van der Waals surface area contributed by atoms with E-state index >= 15 is 0 Å². The van der Waals surface area contributed by atoms with Crippen LogP contribution in [-0.2, 0) is 16.6 Å². The van der Waals surface area contributed by atoms with Crippen molar-refractivity contribution >= 4 is 22.0 Å². The lowest BCUT2D eigenvalue weighted by atomic mass is 10.2. The summed E-state index contributed by atoms with van der Waals surface area (Å²) in [5.74, 6) is 0.0246. The summed E-state index contributed by atoms with van der Waals surface area (Å²) in [5.41, 5.74) is 1.73. The molecule has 3 rings (SSSR count). The zero-order chi connectivity index (χ0) is 16.8. The number of pyridine rings is 1. The molecule has 1 N–H and O–H groups in total. The average Bonchev–Trinajstić information content (AvgIpc) is 3.01. The molecule has 0 saturated carbocycles. The monoisotopic (exact) mass is 341 g/mol. The fourth-order valence-electron chi connectivity index (χ4n) is 1.99. The summed E-state index contributed by atoms with van der Waals surface area (Å²) in [6, 6.07) is 12.9. The van der Waals surface area contributed by atoms with Gasteiger partial charge in [-0.05, 0) is 23.3 Å². The van der Waals surface area contributed by atoms with Crippen LogP contribution < -0.4 is 4.72 Å². The third kappa shape index (κ3) is 4.50. The molecule has 0 fully saturated rings. The SMILES string of the molecule is O=S(=O)(C=Cc1ccccc1)Nc1ncn(Cc2cccnc2)n1. The van der Waals surface area contributed by atoms with Crippen LogP contribution >= 0.6 is 0 Å². The van der Waals surface area contributed by atoms with Gasteiger partial charge in [-0.3, -0.25) is 4.98 Å². The minimum Gasteiger partial charge on any atom is -0.264 e. The van der Waals surface area contributed by atoms with Crippen molar-refractivity contribution in [3.8, 4) is 0 Å². The average molecular weight is 341 g/mol. The van der Waals surface area contributed by atoms with E-state index in [0.717, 1.165) is 16.5 Å². The van der Waals surface area contributed by atoms with Gasteiger partial charge >= 0.3 is 0 Å². The van der Waals surface area contributed by atoms with Crippen molar-refractivity contribution in [3.63, 3.8) is 0 Å². The van der Waals surface area contributed by atoms with Gasteiger partial charge in [0.1, 0.15) is 6.33 Å². The van der Waals surface area contributed by atoms with Crippen LogP contribution in [0.4, 0.5) is 5.95 Å². The molecule has 0 unspecified atom stereocenters. The summed E-state index contributed by atoms with van der Waals surface area (Å²) < 4.78 is 27.9. The number of nitrogens with one attached hydrogen (secondary N) is 1. The standard InChI is InChI=1S/C16H15N5O2S/c22-24(23,10-8-14-5-2-1-3-6-14)20-16-18-13-21(19-16)12-15-7-4-9-17-11-15/h1-11,13H,12H2,(H,19,20). The van der Waals surface area contributed by atoms with Gasteiger partial charge in [-0.15, -0.1) is 5.10 Å². The van der Waals surface area contributed by atoms with Crippen LogP contribution in [-0.4, -0.2) is 28.2 Å². The Hall–Kier alpha value is -3.00. The Morgan fingerprint density at radius 3 is 2.71 bits per heavy atom. The molecule has 3 aromatic rings. The van der Waals surface area contributed by atoms with Crippen LogP contribution in [0.25, 0.3) is 6.08 Å². The van der Waals surface area contributed by atoms with E-state index in [1.165, 1.54) is 17.1 Å². The number of hydrogen-bond donors (Lipinski definition) is 1. The summed E-state index contributed by atoms with van der Waals surface area (Å²) in [4.78, 5) is 7.98. The highest BCUT2D eigenvalue weighted by Gasteiger charge is 2.09. The first-order chi connectivity index (χ1) is 11.6. The molecule has 1 aromatic carbocycles. The third-order valence-corrected chi connectivity index (χ3v) is 4.04. The van der Waals surface area contributed by atoms with Crippen molar-refractivity contribution in [2.75, 3.05) is 4.72 Å². The lowest BCUT2D eigenvalue weighted by Gasteiger charge is -2.00. The van der Waals surface area contributed by atoms with Crippen LogP contribution in [0.15, 0.2) is 66.6 Å². The van der Waals surface area contributed by atoms with E-state index in [2.05, 4.69) is 19.8 Å². The lowest BCUT2D eigenvalue weighted by molar-refractivity contribution is 0.609. The van der Waals surface area contributed by atoms with Gasteiger partial charge in [-0.25, -0.2) is 17.8 Å². The van der Waals surface area contributed by atoms with E-state index in [1.807, 2.05) is 42.5 Å². The van der Waals surface area contributed by atoms with Crippen molar-refractivity contribution in [3.05, 3.63) is 77.7 Å². The van der Waals surface area contributed by atoms with Crippen LogP contribution in [0, 0.1) is 0 Å². The highest BCUT2D eigenvalue weighted by Crippen LogP contribution is 2.07. The Bertz CT molecular complexity index is 921. The Balaban J connectivity index is 1.66. The maximum absolute atomic E-state index is 12.0. The van der Waals surface area contributed by atoms with Gasteiger partial charge in [0.2, 0.25) is 0 Å². The maximum atomic E-state index is 12.0. The zero-order valence-corrected chi connectivity index (χ0v) is 13.5. The highest BCUT2D eigenvalue weighted by molar-refractivity contribution is 7.95. The smallest absolute Gasteiger partial charge is 0.257 e. The molecule has 0 aliphatic heterocycles. The van der Waals surface area contributed by atoms with Gasteiger partial charge < -0.3 is 0 Å². The fourth-order valence-corrected chi connectivity index (χ4v) is 2.74. The molecule has 0 spiro atoms. The Morgan fingerprint density at radius 2 is 1.96 bits per heavy atom. The third-order valence-electron chi connectivity index (χ3n) is 3.08. The van der Waals surface area contributed by atoms with Gasteiger partial charge in [-0.2, -0.15) is 4.98 Å². The molecule has 0 radical (unpaired) electrons. The van der Waals surface area contributed by atoms with Crippen molar-refractivity contribution in [1.82, 2.24) is 19.7 Å². The summed E-state index contributed by atoms with van der Waals surface area (Å²) in [5, 5.41) is 5.19. The molecule has 0 bridgehead atoms. The van der Waals surface area contributed by atoms with Gasteiger partial charge in [-0.1, -0.05) is 36.4 Å². The molecule has 0 atom stereocenters. The lowest BCUT2D eigenvalue weighted by Crippen LogP contribution is -2.11. The molecule has 0 saturated heterocycles. The second-order valence-electron chi connectivity index (χ2n) is 4.99. The van der Waals surface area contributed by atoms with Crippen LogP contribution in [0.3, 0.4) is 0 Å². The number of benzene rings is 1. The molecule has 0 aliphatic rings. The maximum Gasteiger partial charge on any atom is 0.257 e. The summed E-state index contributed by atoms with van der Waals surface area (Å²) in [6.45, 7) is 0.461.